The third-order valence-corrected chi connectivity index (χ3v) is 3.83. The summed E-state index contributed by atoms with van der Waals surface area (Å²) in [5, 5.41) is 14.0. The number of nitriles is 1. The van der Waals surface area contributed by atoms with Crippen molar-refractivity contribution in [1.29, 1.82) is 5.26 Å². The number of nitrogens with one attached hydrogen (secondary N) is 1. The van der Waals surface area contributed by atoms with Crippen molar-refractivity contribution in [1.82, 2.24) is 9.97 Å². The molecule has 0 saturated heterocycles. The minimum atomic E-state index is -0.293. The van der Waals surface area contributed by atoms with Crippen LogP contribution < -0.4 is 5.56 Å². The van der Waals surface area contributed by atoms with E-state index in [-0.39, 0.29) is 11.4 Å². The number of hydrogen-bond donors (Lipinski definition) is 1. The van der Waals surface area contributed by atoms with E-state index in [9.17, 15) is 10.1 Å². The Morgan fingerprint density at radius 2 is 2.29 bits per heavy atom. The van der Waals surface area contributed by atoms with Gasteiger partial charge in [0.25, 0.3) is 5.56 Å². The van der Waals surface area contributed by atoms with Crippen LogP contribution in [0.4, 0.5) is 0 Å². The highest BCUT2D eigenvalue weighted by Crippen LogP contribution is 2.19. The molecule has 0 fully saturated rings. The molecule has 3 rings (SSSR count). The lowest BCUT2D eigenvalue weighted by molar-refractivity contribution is 1.13. The molecule has 1 aromatic carbocycles. The van der Waals surface area contributed by atoms with Crippen molar-refractivity contribution in [3.05, 3.63) is 61.8 Å². The van der Waals surface area contributed by atoms with Crippen LogP contribution in [0.15, 0.2) is 39.8 Å². The van der Waals surface area contributed by atoms with E-state index in [1.165, 1.54) is 11.3 Å². The molecule has 0 atom stereocenters. The molecule has 0 aliphatic rings. The van der Waals surface area contributed by atoms with Crippen LogP contribution in [0.25, 0.3) is 22.6 Å². The van der Waals surface area contributed by atoms with Crippen molar-refractivity contribution in [2.24, 2.45) is 0 Å². The number of hydrogen-bond acceptors (Lipinski definition) is 4. The summed E-state index contributed by atoms with van der Waals surface area (Å²) in [7, 11) is 0. The van der Waals surface area contributed by atoms with E-state index in [4.69, 9.17) is 11.6 Å². The largest absolute Gasteiger partial charge is 0.305 e. The summed E-state index contributed by atoms with van der Waals surface area (Å²) in [6.45, 7) is 0. The Morgan fingerprint density at radius 3 is 3.00 bits per heavy atom. The van der Waals surface area contributed by atoms with E-state index in [0.29, 0.717) is 21.5 Å². The van der Waals surface area contributed by atoms with Gasteiger partial charge in [-0.1, -0.05) is 11.6 Å². The average Bonchev–Trinajstić information content (AvgIpc) is 2.97. The number of nitrogens with zero attached hydrogens (tertiary/aromatic N) is 2. The smallest absolute Gasteiger partial charge is 0.259 e. The predicted octanol–water partition coefficient (Wildman–Crippen LogP) is 3.70. The maximum atomic E-state index is 12.1. The van der Waals surface area contributed by atoms with Crippen LogP contribution in [0.3, 0.4) is 0 Å². The summed E-state index contributed by atoms with van der Waals surface area (Å²) in [4.78, 5) is 19.0. The molecule has 0 aliphatic carbocycles. The minimum Gasteiger partial charge on any atom is -0.305 e. The van der Waals surface area contributed by atoms with Crippen LogP contribution in [0, 0.1) is 11.3 Å². The molecule has 0 aliphatic heterocycles. The number of aromatic amines is 1. The van der Waals surface area contributed by atoms with Crippen LogP contribution in [0.2, 0.25) is 5.02 Å². The van der Waals surface area contributed by atoms with Crippen molar-refractivity contribution in [2.75, 3.05) is 0 Å². The highest BCUT2D eigenvalue weighted by Gasteiger charge is 2.09. The van der Waals surface area contributed by atoms with E-state index >= 15 is 0 Å². The van der Waals surface area contributed by atoms with Crippen molar-refractivity contribution < 1.29 is 0 Å². The number of halogens is 1. The van der Waals surface area contributed by atoms with Gasteiger partial charge in [-0.25, -0.2) is 4.98 Å². The van der Waals surface area contributed by atoms with Gasteiger partial charge in [0.2, 0.25) is 0 Å². The fourth-order valence-corrected chi connectivity index (χ4v) is 2.70. The Labute approximate surface area is 129 Å². The fraction of sp³-hybridized carbons (Fsp3) is 0. The first-order chi connectivity index (χ1) is 10.2. The molecule has 102 valence electrons. The molecule has 3 aromatic rings. The van der Waals surface area contributed by atoms with Crippen molar-refractivity contribution in [3.8, 4) is 6.07 Å². The molecule has 21 heavy (non-hydrogen) atoms. The second kappa shape index (κ2) is 5.52. The zero-order chi connectivity index (χ0) is 14.8. The normalized spacial score (nSPS) is 11.5. The number of benzene rings is 1. The molecule has 0 spiro atoms. The molecule has 1 N–H and O–H groups in total. The van der Waals surface area contributed by atoms with Gasteiger partial charge in [-0.05, 0) is 46.7 Å². The van der Waals surface area contributed by atoms with E-state index in [1.54, 1.807) is 24.3 Å². The van der Waals surface area contributed by atoms with Crippen LogP contribution >= 0.6 is 22.9 Å². The Hall–Kier alpha value is -2.42. The number of aromatic nitrogens is 2. The van der Waals surface area contributed by atoms with Crippen LogP contribution in [-0.2, 0) is 0 Å². The van der Waals surface area contributed by atoms with Gasteiger partial charge in [0.1, 0.15) is 6.07 Å². The van der Waals surface area contributed by atoms with E-state index in [2.05, 4.69) is 16.0 Å². The summed E-state index contributed by atoms with van der Waals surface area (Å²) >= 11 is 7.45. The van der Waals surface area contributed by atoms with Crippen molar-refractivity contribution >= 4 is 45.5 Å². The van der Waals surface area contributed by atoms with E-state index in [1.807, 2.05) is 16.8 Å². The molecule has 0 amide bonds. The topological polar surface area (TPSA) is 69.5 Å². The second-order valence-electron chi connectivity index (χ2n) is 4.30. The molecule has 0 radical (unpaired) electrons. The van der Waals surface area contributed by atoms with E-state index < -0.39 is 0 Å². The maximum Gasteiger partial charge on any atom is 0.259 e. The third-order valence-electron chi connectivity index (χ3n) is 2.90. The molecular weight excluding hydrogens is 306 g/mol. The number of allylic oxidation sites excluding steroid dienone is 1. The first-order valence-electron chi connectivity index (χ1n) is 6.01. The monoisotopic (exact) mass is 313 g/mol. The Balaban J connectivity index is 2.20. The standard InChI is InChI=1S/C15H8ClN3OS/c16-11-1-2-12-13(6-11)18-14(19-15(12)20)10(7-17)5-9-3-4-21-8-9/h1-6,8H,(H,18,19,20)/b10-5-. The summed E-state index contributed by atoms with van der Waals surface area (Å²) in [6, 6.07) is 8.80. The summed E-state index contributed by atoms with van der Waals surface area (Å²) < 4.78 is 0. The lowest BCUT2D eigenvalue weighted by Gasteiger charge is -2.02. The molecule has 0 unspecified atom stereocenters. The SMILES string of the molecule is N#C/C(=C/c1ccsc1)c1nc2cc(Cl)ccc2c(=O)[nH]1. The first kappa shape index (κ1) is 13.6. The highest BCUT2D eigenvalue weighted by molar-refractivity contribution is 7.08. The third kappa shape index (κ3) is 2.72. The zero-order valence-corrected chi connectivity index (χ0v) is 12.2. The van der Waals surface area contributed by atoms with Gasteiger partial charge in [-0.3, -0.25) is 4.79 Å². The van der Waals surface area contributed by atoms with Crippen LogP contribution in [-0.4, -0.2) is 9.97 Å². The quantitative estimate of drug-likeness (QED) is 0.733. The van der Waals surface area contributed by atoms with Crippen molar-refractivity contribution in [2.45, 2.75) is 0 Å². The highest BCUT2D eigenvalue weighted by atomic mass is 35.5. The van der Waals surface area contributed by atoms with Crippen LogP contribution in [0.5, 0.6) is 0 Å². The maximum absolute atomic E-state index is 12.1. The molecular formula is C15H8ClN3OS. The summed E-state index contributed by atoms with van der Waals surface area (Å²) in [6.07, 6.45) is 1.69. The molecule has 6 heteroatoms. The first-order valence-corrected chi connectivity index (χ1v) is 7.33. The number of H-pyrrole nitrogens is 1. The lowest BCUT2D eigenvalue weighted by Crippen LogP contribution is -2.11. The molecule has 2 aromatic heterocycles. The molecule has 4 nitrogen and oxygen atoms in total. The second-order valence-corrected chi connectivity index (χ2v) is 5.52. The molecule has 0 bridgehead atoms. The Morgan fingerprint density at radius 1 is 1.43 bits per heavy atom. The molecule has 2 heterocycles. The van der Waals surface area contributed by atoms with Gasteiger partial charge < -0.3 is 4.98 Å². The Bertz CT molecular complexity index is 936. The van der Waals surface area contributed by atoms with Gasteiger partial charge in [0, 0.05) is 5.02 Å². The summed E-state index contributed by atoms with van der Waals surface area (Å²) in [5.41, 5.74) is 1.36. The van der Waals surface area contributed by atoms with Gasteiger partial charge in [-0.2, -0.15) is 16.6 Å². The average molecular weight is 314 g/mol. The number of thiophene rings is 1. The number of rotatable bonds is 2. The fourth-order valence-electron chi connectivity index (χ4n) is 1.92. The summed E-state index contributed by atoms with van der Waals surface area (Å²) in [5.74, 6) is 0.239. The van der Waals surface area contributed by atoms with Crippen LogP contribution in [0.1, 0.15) is 11.4 Å². The van der Waals surface area contributed by atoms with Gasteiger partial charge in [0.05, 0.1) is 16.5 Å². The molecule has 0 saturated carbocycles. The van der Waals surface area contributed by atoms with E-state index in [0.717, 1.165) is 5.56 Å². The number of fused-ring (bicyclic) bond motifs is 1. The minimum absolute atomic E-state index is 0.239. The lowest BCUT2D eigenvalue weighted by atomic mass is 10.2. The van der Waals surface area contributed by atoms with Gasteiger partial charge in [0.15, 0.2) is 5.82 Å². The van der Waals surface area contributed by atoms with Gasteiger partial charge >= 0.3 is 0 Å². The predicted molar refractivity (Wildman–Crippen MR) is 85.2 cm³/mol. The Kier molecular flexibility index (Phi) is 3.57. The zero-order valence-electron chi connectivity index (χ0n) is 10.6. The van der Waals surface area contributed by atoms with Crippen molar-refractivity contribution in [3.63, 3.8) is 0 Å². The van der Waals surface area contributed by atoms with Gasteiger partial charge in [-0.15, -0.1) is 0 Å².